The number of hydrogen-bond donors (Lipinski definition) is 0. The van der Waals surface area contributed by atoms with Gasteiger partial charge in [-0.3, -0.25) is 4.79 Å². The fourth-order valence-electron chi connectivity index (χ4n) is 1.79. The van der Waals surface area contributed by atoms with E-state index < -0.39 is 5.97 Å². The predicted octanol–water partition coefficient (Wildman–Crippen LogP) is -0.161. The molecule has 0 N–H and O–H groups in total. The number of esters is 2. The summed E-state index contributed by atoms with van der Waals surface area (Å²) in [6.07, 6.45) is 0.244. The van der Waals surface area contributed by atoms with Crippen molar-refractivity contribution >= 4 is 11.9 Å². The lowest BCUT2D eigenvalue weighted by Gasteiger charge is -2.08. The lowest BCUT2D eigenvalue weighted by molar-refractivity contribution is -0.146. The van der Waals surface area contributed by atoms with Gasteiger partial charge >= 0.3 is 11.9 Å². The number of carbonyl (C=O) groups excluding carboxylic acids is 2. The smallest absolute Gasteiger partial charge is 0.331 e. The van der Waals surface area contributed by atoms with Crippen molar-refractivity contribution in [1.82, 2.24) is 0 Å². The topological polar surface area (TPSA) is 117 Å². The summed E-state index contributed by atoms with van der Waals surface area (Å²) < 4.78 is 45.9. The summed E-state index contributed by atoms with van der Waals surface area (Å²) in [5, 5.41) is 0. The molecule has 0 radical (unpaired) electrons. The van der Waals surface area contributed by atoms with E-state index in [4.69, 9.17) is 33.2 Å². The van der Waals surface area contributed by atoms with Crippen LogP contribution in [0.15, 0.2) is 0 Å². The van der Waals surface area contributed by atoms with Crippen LogP contribution in [0.3, 0.4) is 0 Å². The molecular weight excluding hydrogens is 404 g/mol. The Kier molecular flexibility index (Phi) is 22.9. The van der Waals surface area contributed by atoms with Gasteiger partial charge in [-0.2, -0.15) is 0 Å². The molecule has 11 heteroatoms. The van der Waals surface area contributed by atoms with Crippen molar-refractivity contribution in [3.05, 3.63) is 0 Å². The van der Waals surface area contributed by atoms with Gasteiger partial charge in [-0.05, 0) is 0 Å². The molecule has 0 saturated heterocycles. The van der Waals surface area contributed by atoms with Crippen LogP contribution in [0.2, 0.25) is 0 Å². The quantitative estimate of drug-likeness (QED) is 0.156. The maximum atomic E-state index is 10.8. The number of carbonyl (C=O) groups is 2. The van der Waals surface area contributed by atoms with Crippen molar-refractivity contribution in [3.63, 3.8) is 0 Å². The molecule has 0 saturated carbocycles. The van der Waals surface area contributed by atoms with Crippen LogP contribution in [0.1, 0.15) is 6.42 Å². The summed E-state index contributed by atoms with van der Waals surface area (Å²) in [7, 11) is 2.66. The number of hydrogen-bond acceptors (Lipinski definition) is 11. The summed E-state index contributed by atoms with van der Waals surface area (Å²) >= 11 is 0. The Morgan fingerprint density at radius 3 is 1.07 bits per heavy atom. The van der Waals surface area contributed by atoms with Gasteiger partial charge in [0, 0.05) is 0 Å². The van der Waals surface area contributed by atoms with Gasteiger partial charge in [0.1, 0.15) is 6.61 Å². The van der Waals surface area contributed by atoms with Gasteiger partial charge in [0.15, 0.2) is 0 Å². The van der Waals surface area contributed by atoms with Crippen LogP contribution in [0.4, 0.5) is 0 Å². The lowest BCUT2D eigenvalue weighted by Crippen LogP contribution is -2.16. The molecule has 11 nitrogen and oxygen atoms in total. The molecule has 0 aliphatic heterocycles. The fraction of sp³-hybridized carbons (Fsp3) is 0.895. The van der Waals surface area contributed by atoms with Gasteiger partial charge < -0.3 is 42.6 Å². The van der Waals surface area contributed by atoms with E-state index in [-0.39, 0.29) is 19.0 Å². The summed E-state index contributed by atoms with van der Waals surface area (Å²) in [5.41, 5.74) is 0. The second-order valence-corrected chi connectivity index (χ2v) is 5.63. The van der Waals surface area contributed by atoms with Crippen molar-refractivity contribution in [2.24, 2.45) is 0 Å². The summed E-state index contributed by atoms with van der Waals surface area (Å²) in [6.45, 7) is 5.61. The van der Waals surface area contributed by atoms with Crippen LogP contribution in [0.25, 0.3) is 0 Å². The SMILES string of the molecule is COC(=O)CCOCCOCCOCCOCCOCCOCCOCC(=O)OC. The minimum atomic E-state index is -0.410. The van der Waals surface area contributed by atoms with Gasteiger partial charge in [-0.1, -0.05) is 0 Å². The van der Waals surface area contributed by atoms with Gasteiger partial charge in [0.2, 0.25) is 0 Å². The maximum Gasteiger partial charge on any atom is 0.331 e. The Morgan fingerprint density at radius 1 is 0.433 bits per heavy atom. The Balaban J connectivity index is 3.05. The normalized spacial score (nSPS) is 10.9. The van der Waals surface area contributed by atoms with Gasteiger partial charge in [0.25, 0.3) is 0 Å². The largest absolute Gasteiger partial charge is 0.469 e. The van der Waals surface area contributed by atoms with E-state index in [0.29, 0.717) is 85.9 Å². The summed E-state index contributed by atoms with van der Waals surface area (Å²) in [4.78, 5) is 21.6. The van der Waals surface area contributed by atoms with Crippen molar-refractivity contribution < 1.29 is 52.2 Å². The zero-order valence-electron chi connectivity index (χ0n) is 18.1. The Hall–Kier alpha value is -1.34. The zero-order valence-corrected chi connectivity index (χ0v) is 18.1. The van der Waals surface area contributed by atoms with Gasteiger partial charge in [-0.25, -0.2) is 4.79 Å². The molecule has 0 aliphatic rings. The molecule has 0 bridgehead atoms. The molecule has 0 spiro atoms. The fourth-order valence-corrected chi connectivity index (χ4v) is 1.79. The second kappa shape index (κ2) is 23.9. The maximum absolute atomic E-state index is 10.8. The number of ether oxygens (including phenoxy) is 9. The van der Waals surface area contributed by atoms with E-state index in [2.05, 4.69) is 9.47 Å². The Bertz CT molecular complexity index is 357. The first-order chi connectivity index (χ1) is 14.7. The van der Waals surface area contributed by atoms with Crippen molar-refractivity contribution in [3.8, 4) is 0 Å². The minimum absolute atomic E-state index is 0.0703. The molecule has 178 valence electrons. The zero-order chi connectivity index (χ0) is 22.1. The van der Waals surface area contributed by atoms with E-state index in [9.17, 15) is 9.59 Å². The lowest BCUT2D eigenvalue weighted by atomic mass is 10.5. The van der Waals surface area contributed by atoms with Crippen molar-refractivity contribution in [2.45, 2.75) is 6.42 Å². The Labute approximate surface area is 178 Å². The number of methoxy groups -OCH3 is 2. The van der Waals surface area contributed by atoms with E-state index in [0.717, 1.165) is 0 Å². The van der Waals surface area contributed by atoms with Crippen LogP contribution < -0.4 is 0 Å². The highest BCUT2D eigenvalue weighted by Crippen LogP contribution is 1.88. The summed E-state index contributed by atoms with van der Waals surface area (Å²) in [6, 6.07) is 0. The molecule has 0 heterocycles. The predicted molar refractivity (Wildman–Crippen MR) is 104 cm³/mol. The van der Waals surface area contributed by atoms with Crippen molar-refractivity contribution in [2.75, 3.05) is 107 Å². The van der Waals surface area contributed by atoms with Crippen LogP contribution >= 0.6 is 0 Å². The molecule has 0 unspecified atom stereocenters. The molecule has 0 aromatic heterocycles. The third-order valence-corrected chi connectivity index (χ3v) is 3.36. The molecular formula is C19H36O11. The molecule has 0 aromatic rings. The standard InChI is InChI=1S/C19H36O11/c1-22-18(20)3-4-24-5-6-25-7-8-26-9-10-27-11-12-28-13-14-29-15-16-30-17-19(21)23-2/h3-17H2,1-2H3. The molecule has 0 aliphatic carbocycles. The third-order valence-electron chi connectivity index (χ3n) is 3.36. The monoisotopic (exact) mass is 440 g/mol. The average Bonchev–Trinajstić information content (AvgIpc) is 2.76. The van der Waals surface area contributed by atoms with E-state index in [1.165, 1.54) is 14.2 Å². The highest BCUT2D eigenvalue weighted by molar-refractivity contribution is 5.70. The van der Waals surface area contributed by atoms with Gasteiger partial charge in [-0.15, -0.1) is 0 Å². The Morgan fingerprint density at radius 2 is 0.733 bits per heavy atom. The molecule has 30 heavy (non-hydrogen) atoms. The van der Waals surface area contributed by atoms with Crippen LogP contribution in [0, 0.1) is 0 Å². The molecule has 0 rings (SSSR count). The highest BCUT2D eigenvalue weighted by Gasteiger charge is 2.00. The van der Waals surface area contributed by atoms with Crippen LogP contribution in [0.5, 0.6) is 0 Å². The van der Waals surface area contributed by atoms with E-state index >= 15 is 0 Å². The average molecular weight is 440 g/mol. The van der Waals surface area contributed by atoms with E-state index in [1.54, 1.807) is 0 Å². The first kappa shape index (κ1) is 28.7. The molecule has 0 aromatic carbocycles. The molecule has 0 amide bonds. The molecule has 0 atom stereocenters. The third kappa shape index (κ3) is 22.9. The van der Waals surface area contributed by atoms with Gasteiger partial charge in [0.05, 0.1) is 107 Å². The minimum Gasteiger partial charge on any atom is -0.469 e. The highest BCUT2D eigenvalue weighted by atomic mass is 16.6. The number of rotatable bonds is 23. The first-order valence-electron chi connectivity index (χ1n) is 9.88. The molecule has 0 fully saturated rings. The van der Waals surface area contributed by atoms with Crippen LogP contribution in [-0.2, 0) is 52.2 Å². The first-order valence-corrected chi connectivity index (χ1v) is 9.88. The van der Waals surface area contributed by atoms with Crippen LogP contribution in [-0.4, -0.2) is 119 Å². The second-order valence-electron chi connectivity index (χ2n) is 5.63. The summed E-state index contributed by atoms with van der Waals surface area (Å²) in [5.74, 6) is -0.698. The van der Waals surface area contributed by atoms with Crippen molar-refractivity contribution in [1.29, 1.82) is 0 Å². The van der Waals surface area contributed by atoms with E-state index in [1.807, 2.05) is 0 Å².